The Morgan fingerprint density at radius 1 is 1.40 bits per heavy atom. The van der Waals surface area contributed by atoms with E-state index in [1.165, 1.54) is 4.57 Å². The molecule has 0 unspecified atom stereocenters. The van der Waals surface area contributed by atoms with Gasteiger partial charge in [0.2, 0.25) is 0 Å². The van der Waals surface area contributed by atoms with E-state index in [-0.39, 0.29) is 12.8 Å². The smallest absolute Gasteiger partial charge is 0.345 e. The maximum absolute atomic E-state index is 11.2. The van der Waals surface area contributed by atoms with Crippen LogP contribution >= 0.6 is 19.2 Å². The number of nitrogens with zero attached hydrogens (tertiary/aromatic N) is 2. The van der Waals surface area contributed by atoms with Crippen molar-refractivity contribution in [3.63, 3.8) is 0 Å². The van der Waals surface area contributed by atoms with Crippen LogP contribution in [0.5, 0.6) is 0 Å². The molecule has 7 nitrogen and oxygen atoms in total. The first-order valence-corrected chi connectivity index (χ1v) is 7.85. The van der Waals surface area contributed by atoms with Gasteiger partial charge in [-0.05, 0) is 12.1 Å². The van der Waals surface area contributed by atoms with Gasteiger partial charge in [-0.3, -0.25) is 9.36 Å². The summed E-state index contributed by atoms with van der Waals surface area (Å²) in [7, 11) is -4.32. The zero-order valence-electron chi connectivity index (χ0n) is 10.2. The number of rotatable bonds is 5. The van der Waals surface area contributed by atoms with E-state index in [4.69, 9.17) is 26.5 Å². The molecular weight excluding hydrogens is 307 g/mol. The first kappa shape index (κ1) is 15.0. The summed E-state index contributed by atoms with van der Waals surface area (Å²) in [6.45, 7) is 0. The van der Waals surface area contributed by atoms with Crippen molar-refractivity contribution in [2.45, 2.75) is 19.1 Å². The number of halogens is 1. The molecular formula is C11H12ClN2O5P. The fourth-order valence-corrected chi connectivity index (χ4v) is 2.81. The van der Waals surface area contributed by atoms with Crippen LogP contribution in [0.4, 0.5) is 0 Å². The number of aliphatic carboxylic acids is 1. The Kier molecular flexibility index (Phi) is 4.15. The zero-order valence-corrected chi connectivity index (χ0v) is 11.9. The minimum absolute atomic E-state index is 0.0698. The number of benzene rings is 1. The normalized spacial score (nSPS) is 11.9. The molecule has 9 heteroatoms. The second-order valence-corrected chi connectivity index (χ2v) is 6.28. The molecule has 1 heterocycles. The number of carboxylic acids is 1. The molecule has 0 saturated carbocycles. The molecule has 20 heavy (non-hydrogen) atoms. The number of aryl methyl sites for hydroxylation is 1. The summed E-state index contributed by atoms with van der Waals surface area (Å²) in [5, 5.41) is 9.06. The lowest BCUT2D eigenvalue weighted by Crippen LogP contribution is -2.07. The predicted molar refractivity (Wildman–Crippen MR) is 72.7 cm³/mol. The van der Waals surface area contributed by atoms with Gasteiger partial charge in [0.25, 0.3) is 0 Å². The number of para-hydroxylation sites is 1. The Labute approximate surface area is 119 Å². The van der Waals surface area contributed by atoms with Gasteiger partial charge >= 0.3 is 13.6 Å². The fraction of sp³-hybridized carbons (Fsp3) is 0.273. The third kappa shape index (κ3) is 3.37. The van der Waals surface area contributed by atoms with Gasteiger partial charge in [0.1, 0.15) is 17.6 Å². The number of hydrogen-bond acceptors (Lipinski definition) is 3. The Morgan fingerprint density at radius 3 is 2.70 bits per heavy atom. The molecule has 3 N–H and O–H groups in total. The van der Waals surface area contributed by atoms with Crippen molar-refractivity contribution in [3.8, 4) is 0 Å². The van der Waals surface area contributed by atoms with Gasteiger partial charge in [-0.1, -0.05) is 17.7 Å². The van der Waals surface area contributed by atoms with Crippen molar-refractivity contribution in [1.82, 2.24) is 9.55 Å². The highest BCUT2D eigenvalue weighted by molar-refractivity contribution is 7.50. The van der Waals surface area contributed by atoms with Crippen molar-refractivity contribution in [3.05, 3.63) is 29.0 Å². The summed E-state index contributed by atoms with van der Waals surface area (Å²) in [6.07, 6.45) is -0.665. The molecule has 0 atom stereocenters. The van der Waals surface area contributed by atoms with Crippen LogP contribution < -0.4 is 0 Å². The highest BCUT2D eigenvalue weighted by atomic mass is 35.5. The number of fused-ring (bicyclic) bond motifs is 1. The molecule has 0 radical (unpaired) electrons. The standard InChI is InChI=1S/C11H12ClN2O5P/c12-7-2-1-3-8-11(7)13-9(4-5-10(15)16)14(8)6-20(17,18)19/h1-3H,4-6H2,(H,15,16)(H2,17,18,19). The summed E-state index contributed by atoms with van der Waals surface area (Å²) < 4.78 is 12.5. The number of hydrogen-bond donors (Lipinski definition) is 3. The largest absolute Gasteiger partial charge is 0.481 e. The summed E-state index contributed by atoms with van der Waals surface area (Å²) >= 11 is 5.99. The maximum Gasteiger partial charge on any atom is 0.345 e. The zero-order chi connectivity index (χ0) is 14.9. The van der Waals surface area contributed by atoms with Crippen LogP contribution in [0.3, 0.4) is 0 Å². The third-order valence-corrected chi connectivity index (χ3v) is 3.65. The van der Waals surface area contributed by atoms with Crippen LogP contribution in [-0.4, -0.2) is 30.4 Å². The van der Waals surface area contributed by atoms with Gasteiger partial charge in [-0.25, -0.2) is 4.98 Å². The summed E-state index contributed by atoms with van der Waals surface area (Å²) in [4.78, 5) is 33.1. The third-order valence-electron chi connectivity index (χ3n) is 2.70. The minimum atomic E-state index is -4.32. The lowest BCUT2D eigenvalue weighted by atomic mass is 10.3. The summed E-state index contributed by atoms with van der Waals surface area (Å²) in [6, 6.07) is 4.89. The molecule has 2 rings (SSSR count). The molecule has 0 aliphatic rings. The van der Waals surface area contributed by atoms with Crippen molar-refractivity contribution in [2.24, 2.45) is 0 Å². The molecule has 0 amide bonds. The average Bonchev–Trinajstić information content (AvgIpc) is 2.65. The van der Waals surface area contributed by atoms with Crippen molar-refractivity contribution in [2.75, 3.05) is 0 Å². The molecule has 0 spiro atoms. The van der Waals surface area contributed by atoms with Crippen LogP contribution in [0.15, 0.2) is 18.2 Å². The van der Waals surface area contributed by atoms with Gasteiger partial charge in [0.15, 0.2) is 0 Å². The quantitative estimate of drug-likeness (QED) is 0.725. The molecule has 0 bridgehead atoms. The predicted octanol–water partition coefficient (Wildman–Crippen LogP) is 1.84. The van der Waals surface area contributed by atoms with E-state index in [1.54, 1.807) is 18.2 Å². The van der Waals surface area contributed by atoms with Crippen LogP contribution in [0.25, 0.3) is 11.0 Å². The van der Waals surface area contributed by atoms with Crippen LogP contribution in [0, 0.1) is 0 Å². The Hall–Kier alpha value is -1.40. The van der Waals surface area contributed by atoms with E-state index in [1.807, 2.05) is 0 Å². The Morgan fingerprint density at radius 2 is 2.10 bits per heavy atom. The molecule has 0 fully saturated rings. The summed E-state index contributed by atoms with van der Waals surface area (Å²) in [5.74, 6) is -0.718. The molecule has 108 valence electrons. The minimum Gasteiger partial charge on any atom is -0.481 e. The molecule has 0 aliphatic carbocycles. The van der Waals surface area contributed by atoms with Gasteiger partial charge < -0.3 is 19.5 Å². The highest BCUT2D eigenvalue weighted by Crippen LogP contribution is 2.39. The Balaban J connectivity index is 2.53. The first-order valence-electron chi connectivity index (χ1n) is 5.68. The van der Waals surface area contributed by atoms with Crippen LogP contribution in [0.1, 0.15) is 12.2 Å². The number of aromatic nitrogens is 2. The molecule has 1 aromatic carbocycles. The van der Waals surface area contributed by atoms with E-state index >= 15 is 0 Å². The first-order chi connectivity index (χ1) is 9.28. The van der Waals surface area contributed by atoms with E-state index < -0.39 is 19.9 Å². The van der Waals surface area contributed by atoms with Crippen LogP contribution in [-0.2, 0) is 22.1 Å². The van der Waals surface area contributed by atoms with Gasteiger partial charge in [-0.2, -0.15) is 0 Å². The molecule has 0 saturated heterocycles. The molecule has 0 aliphatic heterocycles. The maximum atomic E-state index is 11.2. The summed E-state index contributed by atoms with van der Waals surface area (Å²) in [5.41, 5.74) is 0.879. The van der Waals surface area contributed by atoms with Gasteiger partial charge in [0.05, 0.1) is 17.0 Å². The number of imidazole rings is 1. The molecule has 2 aromatic rings. The van der Waals surface area contributed by atoms with E-state index in [9.17, 15) is 9.36 Å². The van der Waals surface area contributed by atoms with Crippen molar-refractivity contribution in [1.29, 1.82) is 0 Å². The lowest BCUT2D eigenvalue weighted by molar-refractivity contribution is -0.137. The topological polar surface area (TPSA) is 113 Å². The highest BCUT2D eigenvalue weighted by Gasteiger charge is 2.21. The number of carboxylic acid groups (broad SMARTS) is 1. The van der Waals surface area contributed by atoms with Crippen molar-refractivity contribution >= 4 is 36.2 Å². The fourth-order valence-electron chi connectivity index (χ4n) is 1.91. The van der Waals surface area contributed by atoms with E-state index in [0.717, 1.165) is 0 Å². The molecule has 1 aromatic heterocycles. The SMILES string of the molecule is O=C(O)CCc1nc2c(Cl)cccc2n1CP(=O)(O)O. The second-order valence-electron chi connectivity index (χ2n) is 4.26. The van der Waals surface area contributed by atoms with Gasteiger partial charge in [-0.15, -0.1) is 0 Å². The average molecular weight is 319 g/mol. The van der Waals surface area contributed by atoms with Crippen LogP contribution in [0.2, 0.25) is 5.02 Å². The van der Waals surface area contributed by atoms with E-state index in [0.29, 0.717) is 21.9 Å². The van der Waals surface area contributed by atoms with Crippen molar-refractivity contribution < 1.29 is 24.3 Å². The number of carbonyl (C=O) groups is 1. The van der Waals surface area contributed by atoms with Gasteiger partial charge in [0, 0.05) is 6.42 Å². The second kappa shape index (κ2) is 5.54. The monoisotopic (exact) mass is 318 g/mol. The lowest BCUT2D eigenvalue weighted by Gasteiger charge is -2.09. The Bertz CT molecular complexity index is 708. The van der Waals surface area contributed by atoms with E-state index in [2.05, 4.69) is 4.98 Å².